The van der Waals surface area contributed by atoms with E-state index in [4.69, 9.17) is 22.0 Å². The van der Waals surface area contributed by atoms with Crippen LogP contribution in [0.25, 0.3) is 0 Å². The molecule has 0 spiro atoms. The molecule has 4 N–H and O–H groups in total. The molecule has 0 aromatic rings. The van der Waals surface area contributed by atoms with Gasteiger partial charge in [-0.2, -0.15) is 10.5 Å². The second-order valence-electron chi connectivity index (χ2n) is 2.88. The first-order valence-electron chi connectivity index (χ1n) is 3.83. The Morgan fingerprint density at radius 1 is 1.07 bits per heavy atom. The smallest absolute Gasteiger partial charge is 0.235 e. The molecule has 0 aliphatic carbocycles. The van der Waals surface area contributed by atoms with Crippen molar-refractivity contribution >= 4 is 11.8 Å². The largest absolute Gasteiger partial charge is 0.369 e. The number of carbonyl (C=O) groups is 2. The van der Waals surface area contributed by atoms with Gasteiger partial charge in [-0.25, -0.2) is 0 Å². The van der Waals surface area contributed by atoms with Gasteiger partial charge in [-0.3, -0.25) is 9.59 Å². The number of carbonyl (C=O) groups excluding carboxylic acids is 2. The summed E-state index contributed by atoms with van der Waals surface area (Å²) < 4.78 is 0. The van der Waals surface area contributed by atoms with Crippen LogP contribution in [-0.4, -0.2) is 11.8 Å². The molecule has 0 rings (SSSR count). The van der Waals surface area contributed by atoms with Crippen molar-refractivity contribution < 1.29 is 9.59 Å². The van der Waals surface area contributed by atoms with Gasteiger partial charge in [0.15, 0.2) is 0 Å². The van der Waals surface area contributed by atoms with E-state index in [0.717, 1.165) is 0 Å². The fraction of sp³-hybridized carbons (Fsp3) is 0.500. The summed E-state index contributed by atoms with van der Waals surface area (Å²) >= 11 is 0. The average Bonchev–Trinajstić information content (AvgIpc) is 2.04. The topological polar surface area (TPSA) is 134 Å². The van der Waals surface area contributed by atoms with Crippen LogP contribution in [0.3, 0.4) is 0 Å². The number of amides is 2. The Bertz CT molecular complexity index is 293. The summed E-state index contributed by atoms with van der Waals surface area (Å²) in [6, 6.07) is 3.28. The summed E-state index contributed by atoms with van der Waals surface area (Å²) in [7, 11) is 0. The Balaban J connectivity index is 4.84. The van der Waals surface area contributed by atoms with Crippen molar-refractivity contribution in [3.05, 3.63) is 0 Å². The van der Waals surface area contributed by atoms with E-state index in [1.54, 1.807) is 12.1 Å². The van der Waals surface area contributed by atoms with Crippen LogP contribution in [-0.2, 0) is 9.59 Å². The molecule has 0 bridgehead atoms. The quantitative estimate of drug-likeness (QED) is 0.585. The molecule has 0 aliphatic heterocycles. The van der Waals surface area contributed by atoms with Crippen molar-refractivity contribution in [1.29, 1.82) is 10.5 Å². The summed E-state index contributed by atoms with van der Waals surface area (Å²) in [6.45, 7) is 1.41. The van der Waals surface area contributed by atoms with E-state index in [0.29, 0.717) is 0 Å². The molecule has 2 amide bonds. The Labute approximate surface area is 81.1 Å². The molecule has 0 aromatic heterocycles. The molecule has 6 nitrogen and oxygen atoms in total. The maximum absolute atomic E-state index is 10.8. The van der Waals surface area contributed by atoms with Crippen molar-refractivity contribution in [3.63, 3.8) is 0 Å². The maximum atomic E-state index is 10.8. The fourth-order valence-electron chi connectivity index (χ4n) is 1.07. The Morgan fingerprint density at radius 2 is 1.36 bits per heavy atom. The number of nitrogens with zero attached hydrogens (tertiary/aromatic N) is 2. The third-order valence-electron chi connectivity index (χ3n) is 1.94. The lowest BCUT2D eigenvalue weighted by Crippen LogP contribution is -2.36. The first-order chi connectivity index (χ1) is 6.45. The van der Waals surface area contributed by atoms with Gasteiger partial charge in [0.05, 0.1) is 12.1 Å². The molecule has 14 heavy (non-hydrogen) atoms. The molecular weight excluding hydrogens is 184 g/mol. The molecule has 0 aliphatic rings. The number of hydrogen-bond donors (Lipinski definition) is 2. The van der Waals surface area contributed by atoms with Gasteiger partial charge in [0, 0.05) is 5.92 Å². The van der Waals surface area contributed by atoms with Crippen LogP contribution in [0.4, 0.5) is 0 Å². The van der Waals surface area contributed by atoms with E-state index >= 15 is 0 Å². The van der Waals surface area contributed by atoms with Crippen LogP contribution >= 0.6 is 0 Å². The van der Waals surface area contributed by atoms with Gasteiger partial charge in [0.2, 0.25) is 11.8 Å². The van der Waals surface area contributed by atoms with Crippen LogP contribution in [0.15, 0.2) is 0 Å². The van der Waals surface area contributed by atoms with E-state index in [1.165, 1.54) is 6.92 Å². The Hall–Kier alpha value is -2.08. The predicted octanol–water partition coefficient (Wildman–Crippen LogP) is -1.13. The molecule has 0 saturated carbocycles. The number of rotatable bonds is 4. The standard InChI is InChI=1S/C8H10N4O2/c1-4(5(2-9)7(11)13)6(3-10)8(12)14/h4-6H,1H3,(H2,11,13)(H2,12,14)/t5-,6-/m0/s1. The summed E-state index contributed by atoms with van der Waals surface area (Å²) in [5, 5.41) is 17.2. The molecule has 74 valence electrons. The van der Waals surface area contributed by atoms with Crippen molar-refractivity contribution in [2.45, 2.75) is 6.92 Å². The number of nitrogens with two attached hydrogens (primary N) is 2. The predicted molar refractivity (Wildman–Crippen MR) is 45.8 cm³/mol. The fourth-order valence-corrected chi connectivity index (χ4v) is 1.07. The van der Waals surface area contributed by atoms with Crippen LogP contribution in [0.2, 0.25) is 0 Å². The van der Waals surface area contributed by atoms with Gasteiger partial charge in [-0.05, 0) is 0 Å². The molecule has 0 fully saturated rings. The van der Waals surface area contributed by atoms with E-state index in [1.807, 2.05) is 0 Å². The normalized spacial score (nSPS) is 13.7. The summed E-state index contributed by atoms with van der Waals surface area (Å²) in [4.78, 5) is 21.5. The Morgan fingerprint density at radius 3 is 1.50 bits per heavy atom. The molecule has 0 radical (unpaired) electrons. The molecule has 0 unspecified atom stereocenters. The first kappa shape index (κ1) is 11.9. The van der Waals surface area contributed by atoms with Crippen LogP contribution in [0, 0.1) is 40.4 Å². The van der Waals surface area contributed by atoms with E-state index in [-0.39, 0.29) is 0 Å². The SMILES string of the molecule is CC([C@H](C#N)C(N)=O)[C@H](C#N)C(N)=O. The van der Waals surface area contributed by atoms with Crippen LogP contribution in [0.1, 0.15) is 6.92 Å². The van der Waals surface area contributed by atoms with Crippen LogP contribution < -0.4 is 11.5 Å². The molecular formula is C8H10N4O2. The number of nitriles is 2. The van der Waals surface area contributed by atoms with E-state index in [9.17, 15) is 9.59 Å². The van der Waals surface area contributed by atoms with Crippen molar-refractivity contribution in [2.75, 3.05) is 0 Å². The van der Waals surface area contributed by atoms with Gasteiger partial charge in [0.25, 0.3) is 0 Å². The molecule has 6 heteroatoms. The summed E-state index contributed by atoms with van der Waals surface area (Å²) in [6.07, 6.45) is 0. The second kappa shape index (κ2) is 4.83. The minimum atomic E-state index is -1.17. The molecule has 0 saturated heterocycles. The van der Waals surface area contributed by atoms with Crippen LogP contribution in [0.5, 0.6) is 0 Å². The van der Waals surface area contributed by atoms with Gasteiger partial charge in [-0.1, -0.05) is 6.92 Å². The van der Waals surface area contributed by atoms with Crippen molar-refractivity contribution in [2.24, 2.45) is 29.2 Å². The summed E-state index contributed by atoms with van der Waals surface area (Å²) in [5.74, 6) is -4.86. The zero-order valence-corrected chi connectivity index (χ0v) is 7.60. The lowest BCUT2D eigenvalue weighted by atomic mass is 9.83. The zero-order valence-electron chi connectivity index (χ0n) is 7.60. The number of hydrogen-bond acceptors (Lipinski definition) is 4. The van der Waals surface area contributed by atoms with Gasteiger partial charge in [0.1, 0.15) is 11.8 Å². The van der Waals surface area contributed by atoms with Gasteiger partial charge in [-0.15, -0.1) is 0 Å². The van der Waals surface area contributed by atoms with E-state index < -0.39 is 29.6 Å². The first-order valence-corrected chi connectivity index (χ1v) is 3.83. The highest BCUT2D eigenvalue weighted by Gasteiger charge is 2.32. The highest BCUT2D eigenvalue weighted by molar-refractivity contribution is 5.83. The highest BCUT2D eigenvalue weighted by Crippen LogP contribution is 2.19. The molecule has 0 heterocycles. The van der Waals surface area contributed by atoms with E-state index in [2.05, 4.69) is 0 Å². The third-order valence-corrected chi connectivity index (χ3v) is 1.94. The molecule has 0 aromatic carbocycles. The second-order valence-corrected chi connectivity index (χ2v) is 2.88. The Kier molecular flexibility index (Phi) is 4.11. The maximum Gasteiger partial charge on any atom is 0.235 e. The monoisotopic (exact) mass is 194 g/mol. The van der Waals surface area contributed by atoms with Crippen molar-refractivity contribution in [3.8, 4) is 12.1 Å². The minimum absolute atomic E-state index is 0.792. The molecule has 2 atom stereocenters. The average molecular weight is 194 g/mol. The highest BCUT2D eigenvalue weighted by atomic mass is 16.1. The summed E-state index contributed by atoms with van der Waals surface area (Å²) in [5.41, 5.74) is 9.84. The lowest BCUT2D eigenvalue weighted by Gasteiger charge is -2.16. The zero-order chi connectivity index (χ0) is 11.3. The minimum Gasteiger partial charge on any atom is -0.369 e. The lowest BCUT2D eigenvalue weighted by molar-refractivity contribution is -0.124. The van der Waals surface area contributed by atoms with Gasteiger partial charge < -0.3 is 11.5 Å². The van der Waals surface area contributed by atoms with Gasteiger partial charge >= 0.3 is 0 Å². The van der Waals surface area contributed by atoms with Crippen molar-refractivity contribution in [1.82, 2.24) is 0 Å². The third kappa shape index (κ3) is 2.46. The number of primary amides is 2.